The largest absolute Gasteiger partial charge is 0.356 e. The molecule has 2 amide bonds. The maximum absolute atomic E-state index is 11.8. The predicted octanol–water partition coefficient (Wildman–Crippen LogP) is 3.67. The monoisotopic (exact) mass is 367 g/mol. The molecule has 3 N–H and O–H groups in total. The van der Waals surface area contributed by atoms with Gasteiger partial charge in [-0.25, -0.2) is 0 Å². The van der Waals surface area contributed by atoms with Crippen molar-refractivity contribution >= 4 is 11.8 Å². The molecular weight excluding hydrogens is 326 g/mol. The molecule has 1 atom stereocenters. The van der Waals surface area contributed by atoms with E-state index in [4.69, 9.17) is 0 Å². The first-order valence-corrected chi connectivity index (χ1v) is 11.0. The molecule has 1 aliphatic heterocycles. The second-order valence-electron chi connectivity index (χ2n) is 7.58. The van der Waals surface area contributed by atoms with E-state index < -0.39 is 0 Å². The molecule has 152 valence electrons. The van der Waals surface area contributed by atoms with Gasteiger partial charge in [0.1, 0.15) is 0 Å². The van der Waals surface area contributed by atoms with Crippen LogP contribution in [-0.2, 0) is 9.59 Å². The van der Waals surface area contributed by atoms with Gasteiger partial charge in [-0.2, -0.15) is 0 Å². The smallest absolute Gasteiger partial charge is 0.237 e. The molecule has 26 heavy (non-hydrogen) atoms. The zero-order valence-electron chi connectivity index (χ0n) is 16.9. The summed E-state index contributed by atoms with van der Waals surface area (Å²) in [6, 6.07) is -0.0276. The lowest BCUT2D eigenvalue weighted by atomic mass is 10.1. The van der Waals surface area contributed by atoms with Crippen LogP contribution in [0.25, 0.3) is 0 Å². The van der Waals surface area contributed by atoms with E-state index in [1.807, 2.05) is 0 Å². The van der Waals surface area contributed by atoms with E-state index in [9.17, 15) is 9.59 Å². The average Bonchev–Trinajstić information content (AvgIpc) is 3.18. The summed E-state index contributed by atoms with van der Waals surface area (Å²) in [4.78, 5) is 23.6. The number of hydrogen-bond donors (Lipinski definition) is 3. The number of hydrogen-bond acceptors (Lipinski definition) is 3. The molecule has 1 heterocycles. The third kappa shape index (κ3) is 12.3. The zero-order chi connectivity index (χ0) is 18.9. The SMILES string of the molecule is CCCCCCCCCCCCNC(=O)CCCNC(=O)[C@@H]1CCCN1. The standard InChI is InChI=1S/C21H41N3O2/c1-2-3-4-5-6-7-8-9-10-11-16-23-20(25)15-13-18-24-21(26)19-14-12-17-22-19/h19,22H,2-18H2,1H3,(H,23,25)(H,24,26)/t19-/m0/s1. The highest BCUT2D eigenvalue weighted by Gasteiger charge is 2.21. The van der Waals surface area contributed by atoms with Gasteiger partial charge < -0.3 is 16.0 Å². The quantitative estimate of drug-likeness (QED) is 0.365. The van der Waals surface area contributed by atoms with Gasteiger partial charge in [0.2, 0.25) is 11.8 Å². The molecule has 1 fully saturated rings. The third-order valence-electron chi connectivity index (χ3n) is 5.11. The molecule has 5 heteroatoms. The molecule has 0 bridgehead atoms. The lowest BCUT2D eigenvalue weighted by molar-refractivity contribution is -0.123. The molecule has 0 aliphatic carbocycles. The maximum atomic E-state index is 11.8. The second kappa shape index (κ2) is 16.1. The van der Waals surface area contributed by atoms with Crippen LogP contribution in [0.5, 0.6) is 0 Å². The minimum atomic E-state index is -0.0276. The van der Waals surface area contributed by atoms with Crippen molar-refractivity contribution in [2.45, 2.75) is 103 Å². The first-order valence-electron chi connectivity index (χ1n) is 11.0. The van der Waals surface area contributed by atoms with E-state index in [1.165, 1.54) is 57.8 Å². The van der Waals surface area contributed by atoms with Crippen LogP contribution in [-0.4, -0.2) is 37.5 Å². The van der Waals surface area contributed by atoms with Gasteiger partial charge in [-0.05, 0) is 32.2 Å². The van der Waals surface area contributed by atoms with Crippen LogP contribution in [0.15, 0.2) is 0 Å². The van der Waals surface area contributed by atoms with Gasteiger partial charge in [0, 0.05) is 19.5 Å². The van der Waals surface area contributed by atoms with Crippen LogP contribution in [0.2, 0.25) is 0 Å². The van der Waals surface area contributed by atoms with Crippen molar-refractivity contribution in [1.29, 1.82) is 0 Å². The Morgan fingerprint density at radius 2 is 1.46 bits per heavy atom. The summed E-state index contributed by atoms with van der Waals surface area (Å²) in [7, 11) is 0. The molecule has 0 unspecified atom stereocenters. The minimum absolute atomic E-state index is 0.0276. The number of unbranched alkanes of at least 4 members (excludes halogenated alkanes) is 9. The first-order chi connectivity index (χ1) is 12.7. The second-order valence-corrected chi connectivity index (χ2v) is 7.58. The van der Waals surface area contributed by atoms with Crippen LogP contribution in [0.1, 0.15) is 96.8 Å². The minimum Gasteiger partial charge on any atom is -0.356 e. The topological polar surface area (TPSA) is 70.2 Å². The Labute approximate surface area is 160 Å². The fourth-order valence-electron chi connectivity index (χ4n) is 3.42. The molecule has 0 aromatic carbocycles. The van der Waals surface area contributed by atoms with Crippen molar-refractivity contribution in [1.82, 2.24) is 16.0 Å². The average molecular weight is 368 g/mol. The van der Waals surface area contributed by atoms with Crippen LogP contribution < -0.4 is 16.0 Å². The Balaban J connectivity index is 1.80. The zero-order valence-corrected chi connectivity index (χ0v) is 16.9. The van der Waals surface area contributed by atoms with Crippen molar-refractivity contribution in [3.05, 3.63) is 0 Å². The number of nitrogens with one attached hydrogen (secondary N) is 3. The van der Waals surface area contributed by atoms with E-state index in [1.54, 1.807) is 0 Å². The van der Waals surface area contributed by atoms with Crippen molar-refractivity contribution in [3.63, 3.8) is 0 Å². The van der Waals surface area contributed by atoms with E-state index in [0.717, 1.165) is 32.4 Å². The molecule has 0 saturated carbocycles. The van der Waals surface area contributed by atoms with Crippen LogP contribution in [0.4, 0.5) is 0 Å². The molecule has 0 spiro atoms. The third-order valence-corrected chi connectivity index (χ3v) is 5.11. The van der Waals surface area contributed by atoms with E-state index in [0.29, 0.717) is 19.4 Å². The lowest BCUT2D eigenvalue weighted by Gasteiger charge is -2.11. The highest BCUT2D eigenvalue weighted by Crippen LogP contribution is 2.10. The molecule has 0 aromatic heterocycles. The molecule has 0 radical (unpaired) electrons. The van der Waals surface area contributed by atoms with Crippen molar-refractivity contribution < 1.29 is 9.59 Å². The Hall–Kier alpha value is -1.10. The molecule has 1 aliphatic rings. The maximum Gasteiger partial charge on any atom is 0.237 e. The number of amides is 2. The van der Waals surface area contributed by atoms with Crippen LogP contribution in [0, 0.1) is 0 Å². The van der Waals surface area contributed by atoms with E-state index in [-0.39, 0.29) is 17.9 Å². The van der Waals surface area contributed by atoms with E-state index >= 15 is 0 Å². The van der Waals surface area contributed by atoms with Crippen molar-refractivity contribution in [2.75, 3.05) is 19.6 Å². The normalized spacial score (nSPS) is 16.6. The summed E-state index contributed by atoms with van der Waals surface area (Å²) in [5.74, 6) is 0.183. The van der Waals surface area contributed by atoms with Gasteiger partial charge in [-0.3, -0.25) is 9.59 Å². The summed E-state index contributed by atoms with van der Waals surface area (Å²) in [6.45, 7) is 4.56. The number of carbonyl (C=O) groups is 2. The van der Waals surface area contributed by atoms with Gasteiger partial charge in [0.15, 0.2) is 0 Å². The predicted molar refractivity (Wildman–Crippen MR) is 108 cm³/mol. The summed E-state index contributed by atoms with van der Waals surface area (Å²) < 4.78 is 0. The Morgan fingerprint density at radius 3 is 2.08 bits per heavy atom. The van der Waals surface area contributed by atoms with Gasteiger partial charge in [0.05, 0.1) is 6.04 Å². The molecular formula is C21H41N3O2. The van der Waals surface area contributed by atoms with Crippen LogP contribution in [0.3, 0.4) is 0 Å². The molecule has 5 nitrogen and oxygen atoms in total. The molecule has 0 aromatic rings. The highest BCUT2D eigenvalue weighted by molar-refractivity contribution is 5.82. The Bertz CT molecular complexity index is 368. The first kappa shape index (κ1) is 22.9. The Morgan fingerprint density at radius 1 is 0.846 bits per heavy atom. The number of carbonyl (C=O) groups excluding carboxylic acids is 2. The highest BCUT2D eigenvalue weighted by atomic mass is 16.2. The van der Waals surface area contributed by atoms with Gasteiger partial charge >= 0.3 is 0 Å². The fraction of sp³-hybridized carbons (Fsp3) is 0.905. The van der Waals surface area contributed by atoms with Crippen LogP contribution >= 0.6 is 0 Å². The Kier molecular flexibility index (Phi) is 14.2. The van der Waals surface area contributed by atoms with Gasteiger partial charge in [-0.1, -0.05) is 64.7 Å². The summed E-state index contributed by atoms with van der Waals surface area (Å²) >= 11 is 0. The van der Waals surface area contributed by atoms with Crippen molar-refractivity contribution in [3.8, 4) is 0 Å². The fourth-order valence-corrected chi connectivity index (χ4v) is 3.42. The summed E-state index contributed by atoms with van der Waals surface area (Å²) in [5.41, 5.74) is 0. The summed E-state index contributed by atoms with van der Waals surface area (Å²) in [6.07, 6.45) is 16.3. The lowest BCUT2D eigenvalue weighted by Crippen LogP contribution is -2.40. The van der Waals surface area contributed by atoms with Gasteiger partial charge in [-0.15, -0.1) is 0 Å². The van der Waals surface area contributed by atoms with Gasteiger partial charge in [0.25, 0.3) is 0 Å². The molecule has 1 saturated heterocycles. The van der Waals surface area contributed by atoms with E-state index in [2.05, 4.69) is 22.9 Å². The molecule has 1 rings (SSSR count). The number of rotatable bonds is 16. The van der Waals surface area contributed by atoms with Crippen molar-refractivity contribution in [2.24, 2.45) is 0 Å². The summed E-state index contributed by atoms with van der Waals surface area (Å²) in [5, 5.41) is 9.08.